The molecule has 0 amide bonds. The van der Waals surface area contributed by atoms with Gasteiger partial charge < -0.3 is 14.4 Å². The lowest BCUT2D eigenvalue weighted by molar-refractivity contribution is 0.281. The zero-order chi connectivity index (χ0) is 17.8. The Morgan fingerprint density at radius 3 is 2.00 bits per heavy atom. The Hall–Kier alpha value is -3.37. The van der Waals surface area contributed by atoms with Gasteiger partial charge in [0.05, 0.1) is 12.2 Å². The van der Waals surface area contributed by atoms with Gasteiger partial charge in [-0.2, -0.15) is 0 Å². The molecule has 0 unspecified atom stereocenters. The van der Waals surface area contributed by atoms with Crippen LogP contribution in [0.25, 0.3) is 22.6 Å². The lowest BCUT2D eigenvalue weighted by atomic mass is 10.0. The summed E-state index contributed by atoms with van der Waals surface area (Å²) in [5.41, 5.74) is 3.06. The SMILES string of the molecule is OCc1c(-c2ccc(Oc3ccccc3)cc2)noc1-c1ccccc1. The molecule has 1 aromatic heterocycles. The quantitative estimate of drug-likeness (QED) is 0.535. The Labute approximate surface area is 151 Å². The second kappa shape index (κ2) is 7.25. The van der Waals surface area contributed by atoms with Gasteiger partial charge in [-0.3, -0.25) is 0 Å². The Balaban J connectivity index is 1.63. The third kappa shape index (κ3) is 3.23. The lowest BCUT2D eigenvalue weighted by Crippen LogP contribution is -1.89. The van der Waals surface area contributed by atoms with Crippen LogP contribution in [0.4, 0.5) is 0 Å². The number of aromatic nitrogens is 1. The first-order chi connectivity index (χ1) is 12.8. The van der Waals surface area contributed by atoms with E-state index in [1.807, 2.05) is 84.9 Å². The number of aliphatic hydroxyl groups excluding tert-OH is 1. The average molecular weight is 343 g/mol. The molecule has 0 spiro atoms. The molecular weight excluding hydrogens is 326 g/mol. The van der Waals surface area contributed by atoms with Crippen molar-refractivity contribution in [2.75, 3.05) is 0 Å². The summed E-state index contributed by atoms with van der Waals surface area (Å²) in [4.78, 5) is 0. The molecule has 4 rings (SSSR count). The fourth-order valence-corrected chi connectivity index (χ4v) is 2.80. The van der Waals surface area contributed by atoms with E-state index in [-0.39, 0.29) is 6.61 Å². The Kier molecular flexibility index (Phi) is 4.50. The van der Waals surface area contributed by atoms with Crippen LogP contribution in [0.15, 0.2) is 89.5 Å². The second-order valence-electron chi connectivity index (χ2n) is 5.80. The van der Waals surface area contributed by atoms with E-state index in [2.05, 4.69) is 5.16 Å². The first-order valence-electron chi connectivity index (χ1n) is 8.33. The highest BCUT2D eigenvalue weighted by molar-refractivity contribution is 5.72. The molecule has 0 aliphatic rings. The van der Waals surface area contributed by atoms with Crippen LogP contribution in [0, 0.1) is 0 Å². The molecule has 4 heteroatoms. The fourth-order valence-electron chi connectivity index (χ4n) is 2.80. The van der Waals surface area contributed by atoms with Gasteiger partial charge >= 0.3 is 0 Å². The molecule has 0 saturated heterocycles. The van der Waals surface area contributed by atoms with Gasteiger partial charge in [0.25, 0.3) is 0 Å². The van der Waals surface area contributed by atoms with E-state index in [1.165, 1.54) is 0 Å². The van der Waals surface area contributed by atoms with Gasteiger partial charge in [0.1, 0.15) is 17.2 Å². The van der Waals surface area contributed by atoms with Gasteiger partial charge in [-0.1, -0.05) is 53.7 Å². The minimum absolute atomic E-state index is 0.147. The molecule has 4 aromatic rings. The first kappa shape index (κ1) is 16.1. The average Bonchev–Trinajstić information content (AvgIpc) is 3.14. The van der Waals surface area contributed by atoms with Gasteiger partial charge in [-0.25, -0.2) is 0 Å². The van der Waals surface area contributed by atoms with Crippen LogP contribution in [-0.2, 0) is 6.61 Å². The lowest BCUT2D eigenvalue weighted by Gasteiger charge is -2.06. The summed E-state index contributed by atoms with van der Waals surface area (Å²) in [6.07, 6.45) is 0. The van der Waals surface area contributed by atoms with Crippen LogP contribution in [0.3, 0.4) is 0 Å². The van der Waals surface area contributed by atoms with E-state index in [9.17, 15) is 5.11 Å². The Bertz CT molecular complexity index is 977. The summed E-state index contributed by atoms with van der Waals surface area (Å²) < 4.78 is 11.3. The molecule has 0 radical (unpaired) electrons. The molecule has 0 aliphatic heterocycles. The topological polar surface area (TPSA) is 55.5 Å². The molecule has 0 saturated carbocycles. The number of benzene rings is 3. The standard InChI is InChI=1S/C22H17NO3/c24-15-20-21(23-26-22(20)17-7-3-1-4-8-17)16-11-13-19(14-12-16)25-18-9-5-2-6-10-18/h1-14,24H,15H2. The van der Waals surface area contributed by atoms with E-state index in [0.29, 0.717) is 17.0 Å². The molecule has 0 atom stereocenters. The van der Waals surface area contributed by atoms with Crippen molar-refractivity contribution in [2.45, 2.75) is 6.61 Å². The zero-order valence-electron chi connectivity index (χ0n) is 14.0. The number of ether oxygens (including phenoxy) is 1. The minimum Gasteiger partial charge on any atom is -0.457 e. The summed E-state index contributed by atoms with van der Waals surface area (Å²) in [6, 6.07) is 26.8. The van der Waals surface area contributed by atoms with Crippen LogP contribution < -0.4 is 4.74 Å². The third-order valence-corrected chi connectivity index (χ3v) is 4.09. The highest BCUT2D eigenvalue weighted by Crippen LogP contribution is 2.33. The summed E-state index contributed by atoms with van der Waals surface area (Å²) in [5.74, 6) is 2.11. The van der Waals surface area contributed by atoms with Crippen molar-refractivity contribution in [3.8, 4) is 34.1 Å². The maximum absolute atomic E-state index is 9.84. The largest absolute Gasteiger partial charge is 0.457 e. The van der Waals surface area contributed by atoms with E-state index >= 15 is 0 Å². The summed E-state index contributed by atoms with van der Waals surface area (Å²) >= 11 is 0. The highest BCUT2D eigenvalue weighted by Gasteiger charge is 2.18. The summed E-state index contributed by atoms with van der Waals surface area (Å²) in [5, 5.41) is 14.0. The predicted molar refractivity (Wildman–Crippen MR) is 99.8 cm³/mol. The van der Waals surface area contributed by atoms with E-state index in [4.69, 9.17) is 9.26 Å². The van der Waals surface area contributed by atoms with Crippen molar-refractivity contribution < 1.29 is 14.4 Å². The van der Waals surface area contributed by atoms with Crippen LogP contribution in [0.5, 0.6) is 11.5 Å². The van der Waals surface area contributed by atoms with Crippen LogP contribution in [0.2, 0.25) is 0 Å². The van der Waals surface area contributed by atoms with Gasteiger partial charge in [0, 0.05) is 11.1 Å². The molecule has 0 aliphatic carbocycles. The molecule has 128 valence electrons. The molecule has 3 aromatic carbocycles. The Morgan fingerprint density at radius 1 is 0.731 bits per heavy atom. The third-order valence-electron chi connectivity index (χ3n) is 4.09. The number of hydrogen-bond donors (Lipinski definition) is 1. The Morgan fingerprint density at radius 2 is 1.35 bits per heavy atom. The molecule has 4 nitrogen and oxygen atoms in total. The number of rotatable bonds is 5. The maximum Gasteiger partial charge on any atom is 0.173 e. The molecule has 26 heavy (non-hydrogen) atoms. The molecule has 1 N–H and O–H groups in total. The predicted octanol–water partition coefficient (Wildman–Crippen LogP) is 5.29. The van der Waals surface area contributed by atoms with E-state index in [0.717, 1.165) is 22.6 Å². The number of aliphatic hydroxyl groups is 1. The summed E-state index contributed by atoms with van der Waals surface area (Å²) in [6.45, 7) is -0.147. The number of hydrogen-bond acceptors (Lipinski definition) is 4. The second-order valence-corrected chi connectivity index (χ2v) is 5.80. The highest BCUT2D eigenvalue weighted by atomic mass is 16.5. The van der Waals surface area contributed by atoms with Crippen molar-refractivity contribution >= 4 is 0 Å². The summed E-state index contributed by atoms with van der Waals surface area (Å²) in [7, 11) is 0. The van der Waals surface area contributed by atoms with Crippen molar-refractivity contribution in [1.29, 1.82) is 0 Å². The van der Waals surface area contributed by atoms with E-state index in [1.54, 1.807) is 0 Å². The van der Waals surface area contributed by atoms with Gasteiger partial charge in [-0.15, -0.1) is 0 Å². The molecule has 0 bridgehead atoms. The van der Waals surface area contributed by atoms with Crippen molar-refractivity contribution in [1.82, 2.24) is 5.16 Å². The van der Waals surface area contributed by atoms with Crippen molar-refractivity contribution in [3.63, 3.8) is 0 Å². The zero-order valence-corrected chi connectivity index (χ0v) is 14.0. The maximum atomic E-state index is 9.84. The van der Waals surface area contributed by atoms with Crippen LogP contribution in [0.1, 0.15) is 5.56 Å². The minimum atomic E-state index is -0.147. The van der Waals surface area contributed by atoms with Gasteiger partial charge in [-0.05, 0) is 36.4 Å². The smallest absolute Gasteiger partial charge is 0.173 e. The molecular formula is C22H17NO3. The normalized spacial score (nSPS) is 10.7. The number of nitrogens with zero attached hydrogens (tertiary/aromatic N) is 1. The van der Waals surface area contributed by atoms with Crippen molar-refractivity contribution in [3.05, 3.63) is 90.5 Å². The van der Waals surface area contributed by atoms with Crippen LogP contribution in [-0.4, -0.2) is 10.3 Å². The number of para-hydroxylation sites is 1. The monoisotopic (exact) mass is 343 g/mol. The van der Waals surface area contributed by atoms with E-state index < -0.39 is 0 Å². The van der Waals surface area contributed by atoms with Crippen LogP contribution >= 0.6 is 0 Å². The van der Waals surface area contributed by atoms with Gasteiger partial charge in [0.2, 0.25) is 0 Å². The first-order valence-corrected chi connectivity index (χ1v) is 8.33. The van der Waals surface area contributed by atoms with Crippen molar-refractivity contribution in [2.24, 2.45) is 0 Å². The van der Waals surface area contributed by atoms with Gasteiger partial charge in [0.15, 0.2) is 5.76 Å². The fraction of sp³-hybridized carbons (Fsp3) is 0.0455. The molecule has 0 fully saturated rings. The molecule has 1 heterocycles.